The molecule has 0 unspecified atom stereocenters. The lowest BCUT2D eigenvalue weighted by Gasteiger charge is -2.18. The molecule has 1 aliphatic rings. The van der Waals surface area contributed by atoms with E-state index in [-0.39, 0.29) is 0 Å². The molecule has 2 heterocycles. The molecule has 1 aromatic heterocycles. The molecule has 130 valence electrons. The van der Waals surface area contributed by atoms with Crippen molar-refractivity contribution in [1.82, 2.24) is 10.2 Å². The third kappa shape index (κ3) is 3.06. The number of rotatable bonds is 5. The number of urea groups is 1. The van der Waals surface area contributed by atoms with Gasteiger partial charge in [0, 0.05) is 11.8 Å². The van der Waals surface area contributed by atoms with E-state index in [0.717, 1.165) is 4.90 Å². The first-order valence-corrected chi connectivity index (χ1v) is 7.56. The topological polar surface area (TPSA) is 101 Å². The monoisotopic (exact) mass is 343 g/mol. The van der Waals surface area contributed by atoms with Gasteiger partial charge < -0.3 is 19.8 Å². The fourth-order valence-electron chi connectivity index (χ4n) is 2.62. The lowest BCUT2D eigenvalue weighted by Crippen LogP contribution is -2.41. The van der Waals surface area contributed by atoms with Crippen LogP contribution in [-0.4, -0.2) is 36.4 Å². The molecular weight excluding hydrogens is 326 g/mol. The lowest BCUT2D eigenvalue weighted by molar-refractivity contribution is -0.134. The van der Waals surface area contributed by atoms with Crippen LogP contribution >= 0.6 is 0 Å². The summed E-state index contributed by atoms with van der Waals surface area (Å²) >= 11 is 0. The van der Waals surface area contributed by atoms with Crippen molar-refractivity contribution in [2.45, 2.75) is 12.5 Å². The van der Waals surface area contributed by atoms with Crippen molar-refractivity contribution in [1.29, 1.82) is 0 Å². The van der Waals surface area contributed by atoms with E-state index in [1.807, 2.05) is 0 Å². The number of furan rings is 1. The summed E-state index contributed by atoms with van der Waals surface area (Å²) in [7, 11) is 1.52. The standard InChI is InChI=1S/C17H17N3O5/c1-17(13-7-4-8-25-13)15(22)20(16(23)19-17)10-14(21)18-11-5-3-6-12(9-11)24-2/h3-9H,10H2,1-2H3,(H,18,21)(H,19,23)/t17-/m0/s1. The second kappa shape index (κ2) is 6.31. The Kier molecular flexibility index (Phi) is 4.18. The van der Waals surface area contributed by atoms with Crippen LogP contribution in [0.4, 0.5) is 10.5 Å². The van der Waals surface area contributed by atoms with Gasteiger partial charge in [0.2, 0.25) is 5.91 Å². The van der Waals surface area contributed by atoms with Crippen molar-refractivity contribution in [3.05, 3.63) is 48.4 Å². The summed E-state index contributed by atoms with van der Waals surface area (Å²) in [4.78, 5) is 37.8. The maximum absolute atomic E-state index is 12.6. The van der Waals surface area contributed by atoms with E-state index < -0.39 is 29.9 Å². The molecule has 1 atom stereocenters. The molecule has 3 rings (SSSR count). The molecule has 0 bridgehead atoms. The van der Waals surface area contributed by atoms with E-state index in [4.69, 9.17) is 9.15 Å². The molecular formula is C17H17N3O5. The molecule has 0 aliphatic carbocycles. The van der Waals surface area contributed by atoms with E-state index in [0.29, 0.717) is 17.2 Å². The molecule has 4 amide bonds. The van der Waals surface area contributed by atoms with E-state index >= 15 is 0 Å². The third-order valence-electron chi connectivity index (χ3n) is 3.94. The molecule has 0 radical (unpaired) electrons. The lowest BCUT2D eigenvalue weighted by atomic mass is 9.99. The van der Waals surface area contributed by atoms with Gasteiger partial charge in [-0.2, -0.15) is 0 Å². The third-order valence-corrected chi connectivity index (χ3v) is 3.94. The Balaban J connectivity index is 1.71. The Morgan fingerprint density at radius 1 is 1.32 bits per heavy atom. The maximum Gasteiger partial charge on any atom is 0.325 e. The summed E-state index contributed by atoms with van der Waals surface area (Å²) in [5.74, 6) is -0.159. The highest BCUT2D eigenvalue weighted by atomic mass is 16.5. The first kappa shape index (κ1) is 16.6. The first-order chi connectivity index (χ1) is 11.9. The predicted molar refractivity (Wildman–Crippen MR) is 87.9 cm³/mol. The maximum atomic E-state index is 12.6. The van der Waals surface area contributed by atoms with Gasteiger partial charge in [-0.05, 0) is 31.2 Å². The largest absolute Gasteiger partial charge is 0.497 e. The minimum Gasteiger partial charge on any atom is -0.497 e. The number of amides is 4. The molecule has 8 heteroatoms. The second-order valence-electron chi connectivity index (χ2n) is 5.70. The summed E-state index contributed by atoms with van der Waals surface area (Å²) in [5.41, 5.74) is -0.818. The number of nitrogens with zero attached hydrogens (tertiary/aromatic N) is 1. The SMILES string of the molecule is COc1cccc(NC(=O)CN2C(=O)N[C@@](C)(c3ccco3)C2=O)c1. The minimum absolute atomic E-state index is 0.307. The van der Waals surface area contributed by atoms with Crippen LogP contribution in [-0.2, 0) is 15.1 Å². The average Bonchev–Trinajstić information content (AvgIpc) is 3.20. The molecule has 1 aromatic carbocycles. The van der Waals surface area contributed by atoms with Crippen molar-refractivity contribution < 1.29 is 23.5 Å². The number of hydrogen-bond donors (Lipinski definition) is 2. The molecule has 2 aromatic rings. The van der Waals surface area contributed by atoms with Crippen LogP contribution in [0.5, 0.6) is 5.75 Å². The number of benzene rings is 1. The highest BCUT2D eigenvalue weighted by Crippen LogP contribution is 2.29. The van der Waals surface area contributed by atoms with E-state index in [9.17, 15) is 14.4 Å². The van der Waals surface area contributed by atoms with E-state index in [1.54, 1.807) is 36.4 Å². The molecule has 2 N–H and O–H groups in total. The summed E-state index contributed by atoms with van der Waals surface area (Å²) in [6.45, 7) is 1.13. The summed E-state index contributed by atoms with van der Waals surface area (Å²) in [6.07, 6.45) is 1.41. The van der Waals surface area contributed by atoms with Crippen LogP contribution in [0.15, 0.2) is 47.1 Å². The number of imide groups is 1. The van der Waals surface area contributed by atoms with Gasteiger partial charge in [0.05, 0.1) is 13.4 Å². The molecule has 25 heavy (non-hydrogen) atoms. The van der Waals surface area contributed by atoms with Crippen LogP contribution in [0.2, 0.25) is 0 Å². The molecule has 0 spiro atoms. The van der Waals surface area contributed by atoms with Crippen molar-refractivity contribution in [3.8, 4) is 5.75 Å². The average molecular weight is 343 g/mol. The number of hydrogen-bond acceptors (Lipinski definition) is 5. The second-order valence-corrected chi connectivity index (χ2v) is 5.70. The first-order valence-electron chi connectivity index (χ1n) is 7.56. The number of methoxy groups -OCH3 is 1. The van der Waals surface area contributed by atoms with Crippen molar-refractivity contribution in [2.75, 3.05) is 19.0 Å². The molecule has 8 nitrogen and oxygen atoms in total. The Morgan fingerprint density at radius 2 is 2.12 bits per heavy atom. The van der Waals surface area contributed by atoms with Crippen LogP contribution in [0.25, 0.3) is 0 Å². The summed E-state index contributed by atoms with van der Waals surface area (Å²) < 4.78 is 10.3. The van der Waals surface area contributed by atoms with Crippen LogP contribution < -0.4 is 15.4 Å². The van der Waals surface area contributed by atoms with Gasteiger partial charge in [-0.3, -0.25) is 14.5 Å². The molecule has 1 saturated heterocycles. The number of anilines is 1. The number of carbonyl (C=O) groups excluding carboxylic acids is 3. The molecule has 1 fully saturated rings. The van der Waals surface area contributed by atoms with Crippen molar-refractivity contribution in [3.63, 3.8) is 0 Å². The highest BCUT2D eigenvalue weighted by molar-refractivity contribution is 6.10. The Labute approximate surface area is 143 Å². The van der Waals surface area contributed by atoms with Crippen molar-refractivity contribution >= 4 is 23.5 Å². The molecule has 0 saturated carbocycles. The van der Waals surface area contributed by atoms with Gasteiger partial charge in [-0.25, -0.2) is 4.79 Å². The van der Waals surface area contributed by atoms with Gasteiger partial charge >= 0.3 is 6.03 Å². The van der Waals surface area contributed by atoms with Gasteiger partial charge in [-0.15, -0.1) is 0 Å². The fourth-order valence-corrected chi connectivity index (χ4v) is 2.62. The minimum atomic E-state index is -1.32. The summed E-state index contributed by atoms with van der Waals surface area (Å²) in [5, 5.41) is 5.19. The van der Waals surface area contributed by atoms with Gasteiger partial charge in [0.15, 0.2) is 5.54 Å². The number of ether oxygens (including phenoxy) is 1. The predicted octanol–water partition coefficient (Wildman–Crippen LogP) is 1.69. The van der Waals surface area contributed by atoms with E-state index in [2.05, 4.69) is 10.6 Å². The normalized spacial score (nSPS) is 19.7. The van der Waals surface area contributed by atoms with Crippen molar-refractivity contribution in [2.24, 2.45) is 0 Å². The Hall–Kier alpha value is -3.29. The van der Waals surface area contributed by atoms with Crippen LogP contribution in [0, 0.1) is 0 Å². The fraction of sp³-hybridized carbons (Fsp3) is 0.235. The zero-order valence-corrected chi connectivity index (χ0v) is 13.7. The van der Waals surface area contributed by atoms with Gasteiger partial charge in [-0.1, -0.05) is 6.07 Å². The number of nitrogens with one attached hydrogen (secondary N) is 2. The highest BCUT2D eigenvalue weighted by Gasteiger charge is 2.51. The van der Waals surface area contributed by atoms with Gasteiger partial charge in [0.1, 0.15) is 18.1 Å². The van der Waals surface area contributed by atoms with Crippen LogP contribution in [0.1, 0.15) is 12.7 Å². The smallest absolute Gasteiger partial charge is 0.325 e. The summed E-state index contributed by atoms with van der Waals surface area (Å²) in [6, 6.07) is 9.34. The zero-order valence-electron chi connectivity index (χ0n) is 13.7. The van der Waals surface area contributed by atoms with Gasteiger partial charge in [0.25, 0.3) is 5.91 Å². The van der Waals surface area contributed by atoms with Crippen LogP contribution in [0.3, 0.4) is 0 Å². The quantitative estimate of drug-likeness (QED) is 0.805. The van der Waals surface area contributed by atoms with E-state index in [1.165, 1.54) is 20.3 Å². The number of carbonyl (C=O) groups is 3. The Morgan fingerprint density at radius 3 is 2.80 bits per heavy atom. The zero-order chi connectivity index (χ0) is 18.0. The molecule has 1 aliphatic heterocycles. The Bertz CT molecular complexity index is 817.